The Labute approximate surface area is 70.1 Å². The van der Waals surface area contributed by atoms with Gasteiger partial charge in [0, 0.05) is 5.69 Å². The highest BCUT2D eigenvalue weighted by atomic mass is 15.1. The first kappa shape index (κ1) is 7.09. The lowest BCUT2D eigenvalue weighted by molar-refractivity contribution is 1.05. The van der Waals surface area contributed by atoms with E-state index in [0.717, 1.165) is 16.9 Å². The maximum absolute atomic E-state index is 5.64. The Kier molecular flexibility index (Phi) is 1.30. The number of nitrogens with two attached hydrogens (primary N) is 1. The lowest BCUT2D eigenvalue weighted by Gasteiger charge is -1.95. The minimum Gasteiger partial charge on any atom is -0.369 e. The lowest BCUT2D eigenvalue weighted by Crippen LogP contribution is -1.95. The summed E-state index contributed by atoms with van der Waals surface area (Å²) in [6, 6.07) is 1.97. The van der Waals surface area contributed by atoms with E-state index >= 15 is 0 Å². The fourth-order valence-electron chi connectivity index (χ4n) is 1.26. The van der Waals surface area contributed by atoms with Crippen molar-refractivity contribution in [2.45, 2.75) is 13.8 Å². The fraction of sp³-hybridized carbons (Fsp3) is 0.250. The van der Waals surface area contributed by atoms with Crippen molar-refractivity contribution in [3.05, 3.63) is 23.8 Å². The molecule has 0 saturated carbocycles. The molecule has 0 aliphatic carbocycles. The van der Waals surface area contributed by atoms with E-state index in [1.165, 1.54) is 0 Å². The highest BCUT2D eigenvalue weighted by Crippen LogP contribution is 2.13. The highest BCUT2D eigenvalue weighted by Gasteiger charge is 2.03. The largest absolute Gasteiger partial charge is 0.369 e. The minimum absolute atomic E-state index is 0.495. The molecule has 62 valence electrons. The van der Waals surface area contributed by atoms with Crippen molar-refractivity contribution in [1.29, 1.82) is 0 Å². The molecule has 0 radical (unpaired) electrons. The molecular formula is C8H10N4. The number of fused-ring (bicyclic) bond motifs is 1. The van der Waals surface area contributed by atoms with E-state index in [-0.39, 0.29) is 0 Å². The second kappa shape index (κ2) is 2.20. The molecule has 0 saturated heterocycles. The maximum atomic E-state index is 5.64. The molecule has 0 aliphatic rings. The van der Waals surface area contributed by atoms with Crippen LogP contribution in [-0.4, -0.2) is 14.4 Å². The summed E-state index contributed by atoms with van der Waals surface area (Å²) >= 11 is 0. The zero-order chi connectivity index (χ0) is 8.72. The quantitative estimate of drug-likeness (QED) is 0.627. The number of rotatable bonds is 0. The summed E-state index contributed by atoms with van der Waals surface area (Å²) in [5, 5.41) is 0. The molecular weight excluding hydrogens is 152 g/mol. The summed E-state index contributed by atoms with van der Waals surface area (Å²) in [5.41, 5.74) is 8.59. The first-order chi connectivity index (χ1) is 5.68. The van der Waals surface area contributed by atoms with Crippen LogP contribution in [0.5, 0.6) is 0 Å². The number of anilines is 1. The van der Waals surface area contributed by atoms with Gasteiger partial charge in [0.05, 0.1) is 11.2 Å². The average molecular weight is 162 g/mol. The van der Waals surface area contributed by atoms with Crippen molar-refractivity contribution < 1.29 is 0 Å². The number of hydrogen-bond acceptors (Lipinski definition) is 3. The third-order valence-corrected chi connectivity index (χ3v) is 1.88. The Balaban J connectivity index is 2.90. The predicted octanol–water partition coefficient (Wildman–Crippen LogP) is 0.928. The number of hydrogen-bond donors (Lipinski definition) is 1. The van der Waals surface area contributed by atoms with Gasteiger partial charge in [0.2, 0.25) is 5.95 Å². The van der Waals surface area contributed by atoms with Gasteiger partial charge in [-0.1, -0.05) is 0 Å². The fourth-order valence-corrected chi connectivity index (χ4v) is 1.26. The first-order valence-electron chi connectivity index (χ1n) is 3.75. The summed E-state index contributed by atoms with van der Waals surface area (Å²) in [6.07, 6.45) is 1.69. The molecule has 0 amide bonds. The molecule has 0 aromatic carbocycles. The van der Waals surface area contributed by atoms with Crippen molar-refractivity contribution >= 4 is 11.5 Å². The Morgan fingerprint density at radius 3 is 2.92 bits per heavy atom. The molecule has 2 N–H and O–H groups in total. The van der Waals surface area contributed by atoms with Crippen molar-refractivity contribution in [2.75, 3.05) is 5.73 Å². The van der Waals surface area contributed by atoms with E-state index in [1.807, 2.05) is 19.9 Å². The summed E-state index contributed by atoms with van der Waals surface area (Å²) in [6.45, 7) is 3.88. The molecule has 4 nitrogen and oxygen atoms in total. The van der Waals surface area contributed by atoms with Gasteiger partial charge in [0.1, 0.15) is 6.33 Å². The van der Waals surface area contributed by atoms with Crippen molar-refractivity contribution in [1.82, 2.24) is 14.4 Å². The van der Waals surface area contributed by atoms with Gasteiger partial charge in [0.15, 0.2) is 0 Å². The summed E-state index contributed by atoms with van der Waals surface area (Å²) < 4.78 is 1.78. The minimum atomic E-state index is 0.495. The Hall–Kier alpha value is -1.58. The van der Waals surface area contributed by atoms with Crippen LogP contribution in [0.1, 0.15) is 11.4 Å². The summed E-state index contributed by atoms with van der Waals surface area (Å²) in [4.78, 5) is 8.26. The van der Waals surface area contributed by atoms with Gasteiger partial charge < -0.3 is 5.73 Å². The molecule has 0 bridgehead atoms. The SMILES string of the molecule is Cc1cc2c(C)nc(N)n2cn1. The van der Waals surface area contributed by atoms with Crippen molar-refractivity contribution in [3.8, 4) is 0 Å². The van der Waals surface area contributed by atoms with Crippen LogP contribution in [-0.2, 0) is 0 Å². The van der Waals surface area contributed by atoms with Gasteiger partial charge in [-0.3, -0.25) is 4.40 Å². The topological polar surface area (TPSA) is 56.2 Å². The van der Waals surface area contributed by atoms with E-state index < -0.39 is 0 Å². The third kappa shape index (κ3) is 0.845. The Morgan fingerprint density at radius 2 is 2.17 bits per heavy atom. The molecule has 12 heavy (non-hydrogen) atoms. The van der Waals surface area contributed by atoms with E-state index in [9.17, 15) is 0 Å². The van der Waals surface area contributed by atoms with E-state index in [0.29, 0.717) is 5.95 Å². The van der Waals surface area contributed by atoms with Crippen LogP contribution in [0.25, 0.3) is 5.52 Å². The smallest absolute Gasteiger partial charge is 0.206 e. The van der Waals surface area contributed by atoms with Crippen LogP contribution in [0.2, 0.25) is 0 Å². The normalized spacial score (nSPS) is 10.8. The van der Waals surface area contributed by atoms with Gasteiger partial charge in [-0.2, -0.15) is 0 Å². The second-order valence-corrected chi connectivity index (χ2v) is 2.84. The monoisotopic (exact) mass is 162 g/mol. The van der Waals surface area contributed by atoms with Gasteiger partial charge in [0.25, 0.3) is 0 Å². The summed E-state index contributed by atoms with van der Waals surface area (Å²) in [5.74, 6) is 0.495. The number of aromatic nitrogens is 3. The zero-order valence-corrected chi connectivity index (χ0v) is 7.07. The standard InChI is InChI=1S/C8H10N4/c1-5-3-7-6(2)11-8(9)12(7)4-10-5/h3-4H,1-2H3,(H2,9,11). The van der Waals surface area contributed by atoms with Gasteiger partial charge >= 0.3 is 0 Å². The second-order valence-electron chi connectivity index (χ2n) is 2.84. The Morgan fingerprint density at radius 1 is 1.42 bits per heavy atom. The molecule has 0 spiro atoms. The van der Waals surface area contributed by atoms with Crippen LogP contribution in [0.15, 0.2) is 12.4 Å². The van der Waals surface area contributed by atoms with Gasteiger partial charge in [-0.05, 0) is 19.9 Å². The third-order valence-electron chi connectivity index (χ3n) is 1.88. The van der Waals surface area contributed by atoms with E-state index in [1.54, 1.807) is 10.7 Å². The predicted molar refractivity (Wildman–Crippen MR) is 46.9 cm³/mol. The highest BCUT2D eigenvalue weighted by molar-refractivity contribution is 5.56. The number of imidazole rings is 1. The molecule has 0 unspecified atom stereocenters. The molecule has 0 fully saturated rings. The molecule has 2 aromatic rings. The molecule has 2 aromatic heterocycles. The van der Waals surface area contributed by atoms with E-state index in [4.69, 9.17) is 5.73 Å². The molecule has 2 heterocycles. The Bertz CT molecular complexity index is 430. The van der Waals surface area contributed by atoms with Gasteiger partial charge in [-0.25, -0.2) is 9.97 Å². The number of aryl methyl sites for hydroxylation is 2. The average Bonchev–Trinajstić information content (AvgIpc) is 2.28. The van der Waals surface area contributed by atoms with Crippen LogP contribution in [0.3, 0.4) is 0 Å². The lowest BCUT2D eigenvalue weighted by atomic mass is 10.3. The molecule has 4 heteroatoms. The molecule has 0 aliphatic heterocycles. The van der Waals surface area contributed by atoms with Crippen molar-refractivity contribution in [2.24, 2.45) is 0 Å². The number of nitrogens with zero attached hydrogens (tertiary/aromatic N) is 3. The van der Waals surface area contributed by atoms with Crippen LogP contribution in [0.4, 0.5) is 5.95 Å². The van der Waals surface area contributed by atoms with Crippen LogP contribution in [0, 0.1) is 13.8 Å². The molecule has 2 rings (SSSR count). The first-order valence-corrected chi connectivity index (χ1v) is 3.75. The maximum Gasteiger partial charge on any atom is 0.206 e. The molecule has 0 atom stereocenters. The van der Waals surface area contributed by atoms with Crippen LogP contribution >= 0.6 is 0 Å². The van der Waals surface area contributed by atoms with Gasteiger partial charge in [-0.15, -0.1) is 0 Å². The number of nitrogen functional groups attached to an aromatic ring is 1. The van der Waals surface area contributed by atoms with Crippen molar-refractivity contribution in [3.63, 3.8) is 0 Å². The zero-order valence-electron chi connectivity index (χ0n) is 7.07. The summed E-state index contributed by atoms with van der Waals surface area (Å²) in [7, 11) is 0. The van der Waals surface area contributed by atoms with E-state index in [2.05, 4.69) is 9.97 Å². The van der Waals surface area contributed by atoms with Crippen LogP contribution < -0.4 is 5.73 Å².